The van der Waals surface area contributed by atoms with Gasteiger partial charge in [0.2, 0.25) is 0 Å². The maximum atomic E-state index is 5.41. The Morgan fingerprint density at radius 2 is 1.06 bits per heavy atom. The molecule has 17 heavy (non-hydrogen) atoms. The van der Waals surface area contributed by atoms with Crippen molar-refractivity contribution in [2.45, 2.75) is 0 Å². The SMILES string of the molecule is C1=C/COCCOCC[NH2+]CCOCCOC/1. The normalized spacial score (nSPS) is 24.9. The van der Waals surface area contributed by atoms with Gasteiger partial charge in [0.1, 0.15) is 0 Å². The van der Waals surface area contributed by atoms with Crippen LogP contribution >= 0.6 is 0 Å². The number of quaternary nitrogens is 1. The van der Waals surface area contributed by atoms with Gasteiger partial charge in [0, 0.05) is 0 Å². The van der Waals surface area contributed by atoms with Crippen molar-refractivity contribution >= 4 is 0 Å². The quantitative estimate of drug-likeness (QED) is 0.568. The van der Waals surface area contributed by atoms with Crippen LogP contribution in [0.2, 0.25) is 0 Å². The van der Waals surface area contributed by atoms with Crippen LogP contribution in [0.25, 0.3) is 0 Å². The molecule has 0 fully saturated rings. The monoisotopic (exact) mass is 246 g/mol. The third-order valence-corrected chi connectivity index (χ3v) is 2.27. The Balaban J connectivity index is 2.07. The van der Waals surface area contributed by atoms with Crippen LogP contribution in [0.1, 0.15) is 0 Å². The van der Waals surface area contributed by atoms with Crippen LogP contribution in [-0.2, 0) is 18.9 Å². The van der Waals surface area contributed by atoms with E-state index in [9.17, 15) is 0 Å². The third kappa shape index (κ3) is 10.4. The second-order valence-electron chi connectivity index (χ2n) is 3.71. The van der Waals surface area contributed by atoms with E-state index in [1.807, 2.05) is 12.2 Å². The van der Waals surface area contributed by atoms with Crippen molar-refractivity contribution in [3.8, 4) is 0 Å². The highest BCUT2D eigenvalue weighted by molar-refractivity contribution is 4.81. The van der Waals surface area contributed by atoms with E-state index in [2.05, 4.69) is 5.32 Å². The molecule has 5 nitrogen and oxygen atoms in total. The molecule has 0 saturated carbocycles. The van der Waals surface area contributed by atoms with Crippen molar-refractivity contribution in [3.63, 3.8) is 0 Å². The van der Waals surface area contributed by atoms with Crippen LogP contribution in [0, 0.1) is 0 Å². The zero-order valence-electron chi connectivity index (χ0n) is 10.4. The maximum Gasteiger partial charge on any atom is 0.0993 e. The van der Waals surface area contributed by atoms with Gasteiger partial charge in [0.05, 0.1) is 65.9 Å². The van der Waals surface area contributed by atoms with Gasteiger partial charge in [0.15, 0.2) is 0 Å². The van der Waals surface area contributed by atoms with Gasteiger partial charge < -0.3 is 24.3 Å². The van der Waals surface area contributed by atoms with E-state index in [0.717, 1.165) is 26.3 Å². The average molecular weight is 246 g/mol. The molecule has 0 radical (unpaired) electrons. The van der Waals surface area contributed by atoms with Crippen LogP contribution in [-0.4, -0.2) is 65.9 Å². The van der Waals surface area contributed by atoms with Crippen molar-refractivity contribution in [1.29, 1.82) is 0 Å². The Labute approximate surface area is 103 Å². The van der Waals surface area contributed by atoms with Gasteiger partial charge in [-0.3, -0.25) is 0 Å². The highest BCUT2D eigenvalue weighted by Gasteiger charge is 1.94. The number of ether oxygens (including phenoxy) is 4. The first kappa shape index (κ1) is 14.6. The van der Waals surface area contributed by atoms with Crippen molar-refractivity contribution in [1.82, 2.24) is 0 Å². The molecule has 0 aromatic rings. The van der Waals surface area contributed by atoms with E-state index in [0.29, 0.717) is 39.6 Å². The van der Waals surface area contributed by atoms with Gasteiger partial charge >= 0.3 is 0 Å². The summed E-state index contributed by atoms with van der Waals surface area (Å²) in [6.45, 7) is 7.33. The molecule has 0 atom stereocenters. The van der Waals surface area contributed by atoms with Gasteiger partial charge in [-0.1, -0.05) is 12.2 Å². The van der Waals surface area contributed by atoms with Crippen LogP contribution in [0.3, 0.4) is 0 Å². The molecule has 0 spiro atoms. The van der Waals surface area contributed by atoms with Gasteiger partial charge in [-0.05, 0) is 0 Å². The molecular weight excluding hydrogens is 222 g/mol. The predicted octanol–water partition coefficient (Wildman–Crippen LogP) is -0.814. The highest BCUT2D eigenvalue weighted by atomic mass is 16.5. The summed E-state index contributed by atoms with van der Waals surface area (Å²) in [6, 6.07) is 0. The summed E-state index contributed by atoms with van der Waals surface area (Å²) in [5.41, 5.74) is 0. The Morgan fingerprint density at radius 3 is 1.59 bits per heavy atom. The van der Waals surface area contributed by atoms with Gasteiger partial charge in [-0.2, -0.15) is 0 Å². The van der Waals surface area contributed by atoms with Crippen LogP contribution in [0.15, 0.2) is 12.2 Å². The lowest BCUT2D eigenvalue weighted by Gasteiger charge is -2.05. The van der Waals surface area contributed by atoms with E-state index >= 15 is 0 Å². The number of hydrogen-bond acceptors (Lipinski definition) is 4. The highest BCUT2D eigenvalue weighted by Crippen LogP contribution is 1.83. The summed E-state index contributed by atoms with van der Waals surface area (Å²) in [4.78, 5) is 0. The van der Waals surface area contributed by atoms with E-state index in [-0.39, 0.29) is 0 Å². The predicted molar refractivity (Wildman–Crippen MR) is 64.1 cm³/mol. The zero-order chi connectivity index (χ0) is 12.0. The molecule has 0 unspecified atom stereocenters. The molecule has 0 aromatic heterocycles. The van der Waals surface area contributed by atoms with E-state index < -0.39 is 0 Å². The van der Waals surface area contributed by atoms with Gasteiger partial charge in [-0.15, -0.1) is 0 Å². The molecule has 0 amide bonds. The summed E-state index contributed by atoms with van der Waals surface area (Å²) < 4.78 is 21.5. The maximum absolute atomic E-state index is 5.41. The molecule has 5 heteroatoms. The lowest BCUT2D eigenvalue weighted by atomic mass is 10.5. The number of nitrogens with two attached hydrogens (primary N) is 1. The second-order valence-corrected chi connectivity index (χ2v) is 3.71. The van der Waals surface area contributed by atoms with Crippen LogP contribution in [0.4, 0.5) is 0 Å². The Morgan fingerprint density at radius 1 is 0.588 bits per heavy atom. The molecule has 2 N–H and O–H groups in total. The molecule has 0 aliphatic carbocycles. The Kier molecular flexibility index (Phi) is 10.3. The minimum atomic E-state index is 0.620. The van der Waals surface area contributed by atoms with E-state index in [4.69, 9.17) is 18.9 Å². The van der Waals surface area contributed by atoms with Gasteiger partial charge in [0.25, 0.3) is 0 Å². The van der Waals surface area contributed by atoms with Gasteiger partial charge in [-0.25, -0.2) is 0 Å². The summed E-state index contributed by atoms with van der Waals surface area (Å²) in [5.74, 6) is 0. The molecule has 1 aliphatic heterocycles. The lowest BCUT2D eigenvalue weighted by Crippen LogP contribution is -2.86. The fourth-order valence-corrected chi connectivity index (χ4v) is 1.36. The van der Waals surface area contributed by atoms with Crippen molar-refractivity contribution in [2.75, 3.05) is 65.9 Å². The summed E-state index contributed by atoms with van der Waals surface area (Å²) in [6.07, 6.45) is 3.93. The zero-order valence-corrected chi connectivity index (χ0v) is 10.4. The molecule has 0 bridgehead atoms. The molecule has 0 saturated heterocycles. The smallest absolute Gasteiger partial charge is 0.0993 e. The first-order chi connectivity index (χ1) is 8.50. The Hall–Kier alpha value is -0.460. The van der Waals surface area contributed by atoms with Crippen LogP contribution < -0.4 is 5.32 Å². The molecular formula is C12H24NO4+. The first-order valence-electron chi connectivity index (χ1n) is 6.28. The minimum Gasteiger partial charge on any atom is -0.375 e. The minimum absolute atomic E-state index is 0.620. The van der Waals surface area contributed by atoms with E-state index in [1.54, 1.807) is 0 Å². The molecule has 100 valence electrons. The third-order valence-electron chi connectivity index (χ3n) is 2.27. The number of rotatable bonds is 0. The molecule has 1 rings (SSSR count). The molecule has 1 aliphatic rings. The lowest BCUT2D eigenvalue weighted by molar-refractivity contribution is -0.657. The average Bonchev–Trinajstić information content (AvgIpc) is 2.35. The topological polar surface area (TPSA) is 53.5 Å². The number of hydrogen-bond donors (Lipinski definition) is 1. The van der Waals surface area contributed by atoms with Crippen LogP contribution in [0.5, 0.6) is 0 Å². The Bertz CT molecular complexity index is 169. The summed E-state index contributed by atoms with van der Waals surface area (Å²) in [5, 5.41) is 2.20. The van der Waals surface area contributed by atoms with Crippen molar-refractivity contribution in [3.05, 3.63) is 12.2 Å². The first-order valence-corrected chi connectivity index (χ1v) is 6.28. The van der Waals surface area contributed by atoms with Crippen molar-refractivity contribution < 1.29 is 24.3 Å². The second kappa shape index (κ2) is 12.0. The summed E-state index contributed by atoms with van der Waals surface area (Å²) in [7, 11) is 0. The standard InChI is InChI=1S/C12H23NO4/c1-2-6-15-10-12-17-8-4-13-3-7-16-11-9-14-5-1/h1-2,13H,3-12H2/p+1/b2-1+. The molecule has 1 heterocycles. The summed E-state index contributed by atoms with van der Waals surface area (Å²) >= 11 is 0. The van der Waals surface area contributed by atoms with Crippen molar-refractivity contribution in [2.24, 2.45) is 0 Å². The van der Waals surface area contributed by atoms with E-state index in [1.165, 1.54) is 0 Å². The largest absolute Gasteiger partial charge is 0.375 e. The molecule has 0 aromatic carbocycles. The fraction of sp³-hybridized carbons (Fsp3) is 0.833. The fourth-order valence-electron chi connectivity index (χ4n) is 1.36.